The Morgan fingerprint density at radius 1 is 1.03 bits per heavy atom. The summed E-state index contributed by atoms with van der Waals surface area (Å²) < 4.78 is 0. The molecule has 0 atom stereocenters. The molecule has 0 radical (unpaired) electrons. The summed E-state index contributed by atoms with van der Waals surface area (Å²) in [6.45, 7) is 0. The molecule has 0 saturated carbocycles. The van der Waals surface area contributed by atoms with Crippen molar-refractivity contribution in [2.24, 2.45) is 5.73 Å². The van der Waals surface area contributed by atoms with E-state index in [4.69, 9.17) is 5.73 Å². The summed E-state index contributed by atoms with van der Waals surface area (Å²) in [6, 6.07) is 17.6. The first-order valence-electron chi connectivity index (χ1n) is 9.09. The van der Waals surface area contributed by atoms with Gasteiger partial charge in [0, 0.05) is 29.2 Å². The Hall–Kier alpha value is -3.91. The lowest BCUT2D eigenvalue weighted by molar-refractivity contribution is 0.0987. The van der Waals surface area contributed by atoms with Crippen LogP contribution in [0.5, 0.6) is 0 Å². The molecule has 2 aromatic heterocycles. The number of hydrogen-bond donors (Lipinski definition) is 3. The minimum absolute atomic E-state index is 0.164. The number of carbonyl (C=O) groups excluding carboxylic acids is 3. The van der Waals surface area contributed by atoms with Crippen LogP contribution in [0.4, 0.5) is 11.5 Å². The Morgan fingerprint density at radius 3 is 2.47 bits per heavy atom. The molecule has 0 aliphatic rings. The molecule has 8 heteroatoms. The van der Waals surface area contributed by atoms with Gasteiger partial charge in [-0.1, -0.05) is 24.3 Å². The average molecular weight is 418 g/mol. The zero-order valence-electron chi connectivity index (χ0n) is 16.0. The van der Waals surface area contributed by atoms with Crippen LogP contribution in [0.3, 0.4) is 0 Å². The predicted octanol–water partition coefficient (Wildman–Crippen LogP) is 3.86. The lowest BCUT2D eigenvalue weighted by atomic mass is 10.1. The maximum atomic E-state index is 12.7. The largest absolute Gasteiger partial charge is 0.365 e. The first kappa shape index (κ1) is 19.4. The summed E-state index contributed by atoms with van der Waals surface area (Å²) in [5.41, 5.74) is 7.53. The first-order valence-corrected chi connectivity index (χ1v) is 9.97. The second-order valence-corrected chi connectivity index (χ2v) is 7.58. The van der Waals surface area contributed by atoms with Crippen LogP contribution in [0, 0.1) is 0 Å². The normalized spacial score (nSPS) is 10.7. The molecule has 4 N–H and O–H groups in total. The van der Waals surface area contributed by atoms with Crippen molar-refractivity contribution in [2.45, 2.75) is 0 Å². The average Bonchev–Trinajstić information content (AvgIpc) is 3.40. The summed E-state index contributed by atoms with van der Waals surface area (Å²) in [4.78, 5) is 42.3. The molecule has 3 amide bonds. The maximum absolute atomic E-state index is 12.7. The topological polar surface area (TPSA) is 108 Å². The molecule has 0 aliphatic heterocycles. The highest BCUT2D eigenvalue weighted by atomic mass is 32.1. The molecule has 0 fully saturated rings. The summed E-state index contributed by atoms with van der Waals surface area (Å²) in [5.74, 6) is -0.937. The van der Waals surface area contributed by atoms with E-state index in [1.165, 1.54) is 16.2 Å². The summed E-state index contributed by atoms with van der Waals surface area (Å²) in [5, 5.41) is 5.07. The number of benzene rings is 2. The minimum Gasteiger partial charge on any atom is -0.365 e. The van der Waals surface area contributed by atoms with E-state index in [2.05, 4.69) is 10.3 Å². The highest BCUT2D eigenvalue weighted by Crippen LogP contribution is 2.30. The van der Waals surface area contributed by atoms with E-state index >= 15 is 0 Å². The molecular weight excluding hydrogens is 400 g/mol. The SMILES string of the molecule is CN(C(=O)c1ccccc1)c1ccc2c(C(N)=O)c(NC(=O)c3cccs3)[nH]c2c1. The monoisotopic (exact) mass is 418 g/mol. The van der Waals surface area contributed by atoms with Crippen LogP contribution in [0.15, 0.2) is 66.0 Å². The van der Waals surface area contributed by atoms with Gasteiger partial charge in [-0.15, -0.1) is 11.3 Å². The van der Waals surface area contributed by atoms with Crippen LogP contribution in [-0.2, 0) is 0 Å². The van der Waals surface area contributed by atoms with E-state index in [-0.39, 0.29) is 23.2 Å². The van der Waals surface area contributed by atoms with Crippen molar-refractivity contribution in [1.82, 2.24) is 4.98 Å². The van der Waals surface area contributed by atoms with Crippen molar-refractivity contribution in [1.29, 1.82) is 0 Å². The Balaban J connectivity index is 1.70. The second-order valence-electron chi connectivity index (χ2n) is 6.63. The van der Waals surface area contributed by atoms with Crippen molar-refractivity contribution in [3.8, 4) is 0 Å². The molecule has 0 spiro atoms. The van der Waals surface area contributed by atoms with E-state index in [1.54, 1.807) is 67.0 Å². The number of nitrogens with two attached hydrogens (primary N) is 1. The van der Waals surface area contributed by atoms with Gasteiger partial charge in [0.2, 0.25) is 0 Å². The van der Waals surface area contributed by atoms with Gasteiger partial charge in [0.05, 0.1) is 10.4 Å². The van der Waals surface area contributed by atoms with Crippen LogP contribution in [0.2, 0.25) is 0 Å². The van der Waals surface area contributed by atoms with Gasteiger partial charge in [0.25, 0.3) is 17.7 Å². The number of nitrogens with one attached hydrogen (secondary N) is 2. The molecule has 4 aromatic rings. The minimum atomic E-state index is -0.663. The molecule has 0 saturated heterocycles. The summed E-state index contributed by atoms with van der Waals surface area (Å²) in [7, 11) is 1.67. The molecule has 0 bridgehead atoms. The summed E-state index contributed by atoms with van der Waals surface area (Å²) in [6.07, 6.45) is 0. The van der Waals surface area contributed by atoms with Crippen LogP contribution >= 0.6 is 11.3 Å². The molecule has 4 rings (SSSR count). The molecular formula is C22H18N4O3S. The van der Waals surface area contributed by atoms with Gasteiger partial charge in [-0.05, 0) is 41.8 Å². The Kier molecular flexibility index (Phi) is 5.07. The Bertz CT molecular complexity index is 1250. The third-order valence-electron chi connectivity index (χ3n) is 4.72. The van der Waals surface area contributed by atoms with E-state index in [1.807, 2.05) is 6.07 Å². The van der Waals surface area contributed by atoms with Crippen molar-refractivity contribution in [3.63, 3.8) is 0 Å². The third-order valence-corrected chi connectivity index (χ3v) is 5.59. The van der Waals surface area contributed by atoms with Crippen LogP contribution in [-0.4, -0.2) is 29.8 Å². The van der Waals surface area contributed by atoms with Gasteiger partial charge in [0.15, 0.2) is 0 Å². The number of nitrogens with zero attached hydrogens (tertiary/aromatic N) is 1. The summed E-state index contributed by atoms with van der Waals surface area (Å²) >= 11 is 1.29. The number of anilines is 2. The van der Waals surface area contributed by atoms with Crippen molar-refractivity contribution < 1.29 is 14.4 Å². The molecule has 0 unspecified atom stereocenters. The number of aromatic nitrogens is 1. The number of hydrogen-bond acceptors (Lipinski definition) is 4. The fourth-order valence-corrected chi connectivity index (χ4v) is 3.84. The first-order chi connectivity index (χ1) is 14.5. The molecule has 150 valence electrons. The predicted molar refractivity (Wildman–Crippen MR) is 118 cm³/mol. The van der Waals surface area contributed by atoms with Gasteiger partial charge in [-0.25, -0.2) is 0 Å². The molecule has 7 nitrogen and oxygen atoms in total. The smallest absolute Gasteiger partial charge is 0.266 e. The highest BCUT2D eigenvalue weighted by Gasteiger charge is 2.21. The molecule has 2 heterocycles. The van der Waals surface area contributed by atoms with Crippen molar-refractivity contribution in [2.75, 3.05) is 17.3 Å². The molecule has 0 aliphatic carbocycles. The number of amides is 3. The van der Waals surface area contributed by atoms with Gasteiger partial charge in [-0.2, -0.15) is 0 Å². The number of thiophene rings is 1. The lowest BCUT2D eigenvalue weighted by Gasteiger charge is -2.17. The zero-order valence-corrected chi connectivity index (χ0v) is 16.8. The Labute approximate surface area is 176 Å². The molecule has 2 aromatic carbocycles. The van der Waals surface area contributed by atoms with E-state index in [0.717, 1.165) is 0 Å². The van der Waals surface area contributed by atoms with Crippen LogP contribution in [0.25, 0.3) is 10.9 Å². The number of rotatable bonds is 5. The maximum Gasteiger partial charge on any atom is 0.266 e. The quantitative estimate of drug-likeness (QED) is 0.458. The number of fused-ring (bicyclic) bond motifs is 1. The number of H-pyrrole nitrogens is 1. The number of aromatic amines is 1. The van der Waals surface area contributed by atoms with E-state index < -0.39 is 5.91 Å². The Morgan fingerprint density at radius 2 is 1.80 bits per heavy atom. The van der Waals surface area contributed by atoms with Gasteiger partial charge < -0.3 is 20.9 Å². The van der Waals surface area contributed by atoms with Gasteiger partial charge in [-0.3, -0.25) is 14.4 Å². The van der Waals surface area contributed by atoms with Gasteiger partial charge >= 0.3 is 0 Å². The number of carbonyl (C=O) groups is 3. The van der Waals surface area contributed by atoms with Crippen LogP contribution in [0.1, 0.15) is 30.4 Å². The highest BCUT2D eigenvalue weighted by molar-refractivity contribution is 7.12. The van der Waals surface area contributed by atoms with Crippen LogP contribution < -0.4 is 16.0 Å². The third kappa shape index (κ3) is 3.56. The fourth-order valence-electron chi connectivity index (χ4n) is 3.22. The lowest BCUT2D eigenvalue weighted by Crippen LogP contribution is -2.26. The molecule has 30 heavy (non-hydrogen) atoms. The van der Waals surface area contributed by atoms with Crippen molar-refractivity contribution in [3.05, 3.63) is 82.0 Å². The van der Waals surface area contributed by atoms with E-state index in [0.29, 0.717) is 27.0 Å². The zero-order chi connectivity index (χ0) is 21.3. The van der Waals surface area contributed by atoms with Crippen molar-refractivity contribution >= 4 is 51.5 Å². The number of primary amides is 1. The van der Waals surface area contributed by atoms with Gasteiger partial charge in [0.1, 0.15) is 5.82 Å². The van der Waals surface area contributed by atoms with E-state index in [9.17, 15) is 14.4 Å². The second kappa shape index (κ2) is 7.84. The fraction of sp³-hybridized carbons (Fsp3) is 0.0455. The standard InChI is InChI=1S/C22H18N4O3S/c1-26(22(29)13-6-3-2-4-7-13)14-9-10-15-16(12-14)24-20(18(15)19(23)27)25-21(28)17-8-5-11-30-17/h2-12,24H,1H3,(H2,23,27)(H,25,28).